The molecule has 0 saturated heterocycles. The van der Waals surface area contributed by atoms with E-state index in [1.165, 1.54) is 4.88 Å². The molecule has 1 saturated carbocycles. The van der Waals surface area contributed by atoms with Crippen molar-refractivity contribution in [3.8, 4) is 5.88 Å². The van der Waals surface area contributed by atoms with Gasteiger partial charge in [-0.1, -0.05) is 6.07 Å². The number of anilines is 1. The molecule has 3 heterocycles. The zero-order valence-corrected chi connectivity index (χ0v) is 15.7. The van der Waals surface area contributed by atoms with Crippen molar-refractivity contribution in [1.82, 2.24) is 19.9 Å². The van der Waals surface area contributed by atoms with Gasteiger partial charge in [-0.2, -0.15) is 4.98 Å². The van der Waals surface area contributed by atoms with E-state index < -0.39 is 0 Å². The average molecular weight is 367 g/mol. The van der Waals surface area contributed by atoms with Crippen LogP contribution in [-0.4, -0.2) is 26.5 Å². The van der Waals surface area contributed by atoms with Crippen LogP contribution in [0.3, 0.4) is 0 Å². The molecule has 1 N–H and O–H groups in total. The van der Waals surface area contributed by atoms with Crippen molar-refractivity contribution in [3.05, 3.63) is 58.1 Å². The van der Waals surface area contributed by atoms with Crippen LogP contribution in [0.2, 0.25) is 0 Å². The summed E-state index contributed by atoms with van der Waals surface area (Å²) in [6.07, 6.45) is 4.86. The summed E-state index contributed by atoms with van der Waals surface area (Å²) >= 11 is 1.68. The van der Waals surface area contributed by atoms with Crippen molar-refractivity contribution in [1.29, 1.82) is 0 Å². The van der Waals surface area contributed by atoms with Gasteiger partial charge in [-0.15, -0.1) is 11.3 Å². The third kappa shape index (κ3) is 4.16. The minimum Gasteiger partial charge on any atom is -0.477 e. The van der Waals surface area contributed by atoms with Crippen LogP contribution in [0.1, 0.15) is 33.7 Å². The first-order chi connectivity index (χ1) is 12.7. The molecule has 4 rings (SSSR count). The summed E-state index contributed by atoms with van der Waals surface area (Å²) in [7, 11) is 0. The number of aromatic nitrogens is 4. The van der Waals surface area contributed by atoms with E-state index in [2.05, 4.69) is 31.3 Å². The van der Waals surface area contributed by atoms with Crippen molar-refractivity contribution < 1.29 is 4.74 Å². The summed E-state index contributed by atoms with van der Waals surface area (Å²) in [5.74, 6) is 3.10. The van der Waals surface area contributed by atoms with Crippen LogP contribution in [0.5, 0.6) is 5.88 Å². The lowest BCUT2D eigenvalue weighted by molar-refractivity contribution is 0.284. The lowest BCUT2D eigenvalue weighted by Crippen LogP contribution is -2.07. The van der Waals surface area contributed by atoms with E-state index in [4.69, 9.17) is 4.74 Å². The summed E-state index contributed by atoms with van der Waals surface area (Å²) in [6.45, 7) is 5.24. The van der Waals surface area contributed by atoms with Gasteiger partial charge in [-0.05, 0) is 32.4 Å². The number of aryl methyl sites for hydroxylation is 2. The molecule has 6 nitrogen and oxygen atoms in total. The minimum absolute atomic E-state index is 0.506. The van der Waals surface area contributed by atoms with Gasteiger partial charge in [-0.3, -0.25) is 4.98 Å². The maximum Gasteiger partial charge on any atom is 0.218 e. The molecule has 0 aromatic carbocycles. The number of nitrogens with one attached hydrogen (secondary N) is 1. The fourth-order valence-corrected chi connectivity index (χ4v) is 3.69. The standard InChI is InChI=1S/C19H21N5OS/c1-12-23-18(22-10-15-9-21-13(2)26-15)8-19(24-12)25-11-14-7-16(14)17-5-3-4-6-20-17/h3-6,8-9,14,16H,7,10-11H2,1-2H3,(H,22,23,24). The quantitative estimate of drug-likeness (QED) is 0.686. The fraction of sp³-hybridized carbons (Fsp3) is 0.368. The Bertz CT molecular complexity index is 883. The van der Waals surface area contributed by atoms with Crippen molar-refractivity contribution in [3.63, 3.8) is 0 Å². The van der Waals surface area contributed by atoms with Gasteiger partial charge < -0.3 is 10.1 Å². The Hall–Kier alpha value is -2.54. The summed E-state index contributed by atoms with van der Waals surface area (Å²) in [6, 6.07) is 7.93. The maximum atomic E-state index is 5.93. The SMILES string of the molecule is Cc1nc(NCc2cnc(C)s2)cc(OCC2CC2c2ccccn2)n1. The van der Waals surface area contributed by atoms with Gasteiger partial charge in [0, 0.05) is 40.9 Å². The summed E-state index contributed by atoms with van der Waals surface area (Å²) in [5, 5.41) is 4.39. The Morgan fingerprint density at radius 3 is 2.92 bits per heavy atom. The molecular formula is C19H21N5OS. The van der Waals surface area contributed by atoms with Crippen LogP contribution in [0.15, 0.2) is 36.7 Å². The average Bonchev–Trinajstić information content (AvgIpc) is 3.31. The molecule has 1 fully saturated rings. The predicted octanol–water partition coefficient (Wildman–Crippen LogP) is 3.74. The van der Waals surface area contributed by atoms with Gasteiger partial charge in [0.1, 0.15) is 11.6 Å². The van der Waals surface area contributed by atoms with Crippen molar-refractivity contribution in [2.45, 2.75) is 32.7 Å². The van der Waals surface area contributed by atoms with E-state index in [1.807, 2.05) is 44.4 Å². The molecule has 0 amide bonds. The number of nitrogens with zero attached hydrogens (tertiary/aromatic N) is 4. The number of hydrogen-bond acceptors (Lipinski definition) is 7. The molecule has 3 aromatic heterocycles. The second-order valence-electron chi connectivity index (χ2n) is 6.51. The largest absolute Gasteiger partial charge is 0.477 e. The van der Waals surface area contributed by atoms with Gasteiger partial charge in [0.15, 0.2) is 0 Å². The number of hydrogen-bond donors (Lipinski definition) is 1. The molecule has 0 spiro atoms. The Balaban J connectivity index is 1.33. The van der Waals surface area contributed by atoms with E-state index >= 15 is 0 Å². The smallest absolute Gasteiger partial charge is 0.218 e. The van der Waals surface area contributed by atoms with E-state index in [0.29, 0.717) is 36.7 Å². The number of rotatable bonds is 7. The first-order valence-corrected chi connectivity index (χ1v) is 9.53. The van der Waals surface area contributed by atoms with Crippen LogP contribution in [0.4, 0.5) is 5.82 Å². The molecule has 3 aromatic rings. The van der Waals surface area contributed by atoms with Crippen LogP contribution in [0.25, 0.3) is 0 Å². The highest BCUT2D eigenvalue weighted by Gasteiger charge is 2.39. The summed E-state index contributed by atoms with van der Waals surface area (Å²) in [4.78, 5) is 18.7. The van der Waals surface area contributed by atoms with Crippen LogP contribution in [0, 0.1) is 19.8 Å². The molecule has 2 unspecified atom stereocenters. The molecule has 7 heteroatoms. The highest BCUT2D eigenvalue weighted by atomic mass is 32.1. The summed E-state index contributed by atoms with van der Waals surface area (Å²) in [5.41, 5.74) is 1.15. The van der Waals surface area contributed by atoms with Gasteiger partial charge in [0.25, 0.3) is 0 Å². The Labute approximate surface area is 156 Å². The molecule has 134 valence electrons. The van der Waals surface area contributed by atoms with E-state index in [0.717, 1.165) is 22.9 Å². The van der Waals surface area contributed by atoms with E-state index in [-0.39, 0.29) is 0 Å². The van der Waals surface area contributed by atoms with Crippen LogP contribution < -0.4 is 10.1 Å². The van der Waals surface area contributed by atoms with Gasteiger partial charge in [0.2, 0.25) is 5.88 Å². The molecule has 2 atom stereocenters. The van der Waals surface area contributed by atoms with Gasteiger partial charge >= 0.3 is 0 Å². The lowest BCUT2D eigenvalue weighted by Gasteiger charge is -2.09. The summed E-state index contributed by atoms with van der Waals surface area (Å²) < 4.78 is 5.93. The monoisotopic (exact) mass is 367 g/mol. The maximum absolute atomic E-state index is 5.93. The molecule has 1 aliphatic carbocycles. The Morgan fingerprint density at radius 2 is 2.15 bits per heavy atom. The highest BCUT2D eigenvalue weighted by molar-refractivity contribution is 7.11. The molecular weight excluding hydrogens is 346 g/mol. The Morgan fingerprint density at radius 1 is 1.23 bits per heavy atom. The third-order valence-corrected chi connectivity index (χ3v) is 5.28. The number of thiazole rings is 1. The molecule has 0 bridgehead atoms. The van der Waals surface area contributed by atoms with Crippen LogP contribution in [-0.2, 0) is 6.54 Å². The van der Waals surface area contributed by atoms with Gasteiger partial charge in [0.05, 0.1) is 18.2 Å². The molecule has 0 radical (unpaired) electrons. The first-order valence-electron chi connectivity index (χ1n) is 8.72. The topological polar surface area (TPSA) is 72.8 Å². The number of pyridine rings is 1. The second kappa shape index (κ2) is 7.37. The zero-order chi connectivity index (χ0) is 17.9. The predicted molar refractivity (Wildman–Crippen MR) is 102 cm³/mol. The van der Waals surface area contributed by atoms with Crippen LogP contribution >= 0.6 is 11.3 Å². The molecule has 1 aliphatic rings. The van der Waals surface area contributed by atoms with E-state index in [1.54, 1.807) is 11.3 Å². The van der Waals surface area contributed by atoms with Crippen molar-refractivity contribution in [2.24, 2.45) is 5.92 Å². The molecule has 26 heavy (non-hydrogen) atoms. The van der Waals surface area contributed by atoms with Gasteiger partial charge in [-0.25, -0.2) is 9.97 Å². The Kier molecular flexibility index (Phi) is 4.79. The highest BCUT2D eigenvalue weighted by Crippen LogP contribution is 2.46. The minimum atomic E-state index is 0.506. The van der Waals surface area contributed by atoms with Crippen molar-refractivity contribution >= 4 is 17.2 Å². The fourth-order valence-electron chi connectivity index (χ4n) is 2.95. The molecule has 0 aliphatic heterocycles. The number of ether oxygens (including phenoxy) is 1. The van der Waals surface area contributed by atoms with Crippen molar-refractivity contribution in [2.75, 3.05) is 11.9 Å². The normalized spacial score (nSPS) is 18.5. The zero-order valence-electron chi connectivity index (χ0n) is 14.8. The van der Waals surface area contributed by atoms with E-state index in [9.17, 15) is 0 Å². The second-order valence-corrected chi connectivity index (χ2v) is 7.82. The lowest BCUT2D eigenvalue weighted by atomic mass is 10.2. The first kappa shape index (κ1) is 16.9. The third-order valence-electron chi connectivity index (χ3n) is 4.36.